The van der Waals surface area contributed by atoms with Crippen LogP contribution in [0.25, 0.3) is 0 Å². The first-order valence-electron chi connectivity index (χ1n) is 10.8. The van der Waals surface area contributed by atoms with Crippen molar-refractivity contribution >= 4 is 33.2 Å². The Morgan fingerprint density at radius 1 is 1.12 bits per heavy atom. The lowest BCUT2D eigenvalue weighted by Crippen LogP contribution is -2.57. The highest BCUT2D eigenvalue weighted by atomic mass is 32.2. The molecule has 4 rings (SSSR count). The van der Waals surface area contributed by atoms with Crippen molar-refractivity contribution in [1.29, 1.82) is 0 Å². The molecular weight excluding hydrogens is 447 g/mol. The number of piperidine rings is 1. The zero-order valence-electron chi connectivity index (χ0n) is 18.6. The zero-order valence-corrected chi connectivity index (χ0v) is 19.4. The van der Waals surface area contributed by atoms with Gasteiger partial charge in [0.1, 0.15) is 18.4 Å². The Balaban J connectivity index is 1.63. The monoisotopic (exact) mass is 474 g/mol. The van der Waals surface area contributed by atoms with E-state index < -0.39 is 10.0 Å². The number of nitrogens with zero attached hydrogens (tertiary/aromatic N) is 3. The van der Waals surface area contributed by atoms with Crippen molar-refractivity contribution in [3.8, 4) is 0 Å². The van der Waals surface area contributed by atoms with E-state index in [1.807, 2.05) is 4.90 Å². The van der Waals surface area contributed by atoms with Crippen LogP contribution in [0.1, 0.15) is 24.8 Å². The molecule has 0 aromatic heterocycles. The van der Waals surface area contributed by atoms with Crippen LogP contribution in [0.4, 0.5) is 15.8 Å². The summed E-state index contributed by atoms with van der Waals surface area (Å²) in [4.78, 5) is 29.6. The van der Waals surface area contributed by atoms with E-state index in [2.05, 4.69) is 5.32 Å². The lowest BCUT2D eigenvalue weighted by atomic mass is 9.96. The predicted octanol–water partition coefficient (Wildman–Crippen LogP) is 2.10. The molecule has 0 spiro atoms. The average Bonchev–Trinajstić information content (AvgIpc) is 2.81. The second kappa shape index (κ2) is 9.11. The number of hydrogen-bond donors (Lipinski definition) is 1. The van der Waals surface area contributed by atoms with E-state index in [4.69, 9.17) is 0 Å². The van der Waals surface area contributed by atoms with Crippen LogP contribution in [-0.2, 0) is 26.2 Å². The summed E-state index contributed by atoms with van der Waals surface area (Å²) in [6.45, 7) is 0.662. The van der Waals surface area contributed by atoms with Crippen LogP contribution in [0, 0.1) is 5.82 Å². The molecule has 2 aliphatic heterocycles. The maximum atomic E-state index is 13.4. The first kappa shape index (κ1) is 23.2. The fourth-order valence-electron chi connectivity index (χ4n) is 4.27. The minimum absolute atomic E-state index is 0.0613. The van der Waals surface area contributed by atoms with Crippen LogP contribution in [-0.4, -0.2) is 57.8 Å². The van der Waals surface area contributed by atoms with Crippen molar-refractivity contribution in [2.24, 2.45) is 0 Å². The quantitative estimate of drug-likeness (QED) is 0.693. The molecule has 0 bridgehead atoms. The standard InChI is InChI=1S/C23H27FN4O4S/c1-26(2)33(31,32)18-10-11-19-21(13-18)28(23(30)20-5-3-4-12-27(19)20)15-22(29)25-14-16-6-8-17(24)9-7-16/h6-11,13,20H,3-5,12,14-15H2,1-2H3,(H,25,29)/t20-/m1/s1. The first-order chi connectivity index (χ1) is 15.7. The summed E-state index contributed by atoms with van der Waals surface area (Å²) in [7, 11) is -0.822. The molecule has 1 N–H and O–H groups in total. The molecule has 0 unspecified atom stereocenters. The highest BCUT2D eigenvalue weighted by molar-refractivity contribution is 7.89. The lowest BCUT2D eigenvalue weighted by Gasteiger charge is -2.45. The molecular formula is C23H27FN4O4S. The number of amides is 2. The summed E-state index contributed by atoms with van der Waals surface area (Å²) in [5, 5.41) is 2.76. The molecule has 0 radical (unpaired) electrons. The number of sulfonamides is 1. The molecule has 1 fully saturated rings. The molecule has 2 aromatic carbocycles. The molecule has 2 amide bonds. The van der Waals surface area contributed by atoms with Gasteiger partial charge in [0.05, 0.1) is 16.3 Å². The van der Waals surface area contributed by atoms with Gasteiger partial charge in [0.2, 0.25) is 21.8 Å². The number of fused-ring (bicyclic) bond motifs is 3. The molecule has 176 valence electrons. The fourth-order valence-corrected chi connectivity index (χ4v) is 5.20. The van der Waals surface area contributed by atoms with Crippen molar-refractivity contribution in [3.05, 3.63) is 53.8 Å². The van der Waals surface area contributed by atoms with Crippen LogP contribution in [0.5, 0.6) is 0 Å². The number of anilines is 2. The van der Waals surface area contributed by atoms with E-state index in [1.165, 1.54) is 37.2 Å². The Morgan fingerprint density at radius 2 is 1.85 bits per heavy atom. The first-order valence-corrected chi connectivity index (χ1v) is 12.3. The fraction of sp³-hybridized carbons (Fsp3) is 0.391. The molecule has 8 nitrogen and oxygen atoms in total. The molecule has 0 aliphatic carbocycles. The Kier molecular flexibility index (Phi) is 6.40. The van der Waals surface area contributed by atoms with Gasteiger partial charge in [-0.1, -0.05) is 12.1 Å². The van der Waals surface area contributed by atoms with E-state index >= 15 is 0 Å². The van der Waals surface area contributed by atoms with Crippen LogP contribution < -0.4 is 15.1 Å². The number of carbonyl (C=O) groups excluding carboxylic acids is 2. The average molecular weight is 475 g/mol. The molecule has 2 heterocycles. The van der Waals surface area contributed by atoms with Gasteiger partial charge in [-0.05, 0) is 55.2 Å². The van der Waals surface area contributed by atoms with Gasteiger partial charge in [0.15, 0.2) is 0 Å². The summed E-state index contributed by atoms with van der Waals surface area (Å²) in [5.74, 6) is -0.955. The van der Waals surface area contributed by atoms with Gasteiger partial charge in [-0.25, -0.2) is 17.1 Å². The van der Waals surface area contributed by atoms with E-state index in [9.17, 15) is 22.4 Å². The maximum Gasteiger partial charge on any atom is 0.250 e. The van der Waals surface area contributed by atoms with Crippen molar-refractivity contribution in [2.75, 3.05) is 37.0 Å². The number of carbonyl (C=O) groups is 2. The second-order valence-corrected chi connectivity index (χ2v) is 10.6. The van der Waals surface area contributed by atoms with Crippen molar-refractivity contribution in [3.63, 3.8) is 0 Å². The SMILES string of the molecule is CN(C)S(=O)(=O)c1ccc2c(c1)N(CC(=O)NCc1ccc(F)cc1)C(=O)[C@H]1CCCCN21. The highest BCUT2D eigenvalue weighted by Gasteiger charge is 2.40. The highest BCUT2D eigenvalue weighted by Crippen LogP contribution is 2.40. The molecule has 1 saturated heterocycles. The molecule has 10 heteroatoms. The molecule has 33 heavy (non-hydrogen) atoms. The third-order valence-electron chi connectivity index (χ3n) is 6.08. The Morgan fingerprint density at radius 3 is 2.55 bits per heavy atom. The van der Waals surface area contributed by atoms with Crippen molar-refractivity contribution < 1.29 is 22.4 Å². The van der Waals surface area contributed by atoms with E-state index in [0.29, 0.717) is 18.7 Å². The predicted molar refractivity (Wildman–Crippen MR) is 123 cm³/mol. The molecule has 2 aliphatic rings. The van der Waals surface area contributed by atoms with Gasteiger partial charge in [-0.2, -0.15) is 0 Å². The number of rotatable bonds is 6. The minimum atomic E-state index is -3.71. The van der Waals surface area contributed by atoms with E-state index in [0.717, 1.165) is 28.4 Å². The lowest BCUT2D eigenvalue weighted by molar-refractivity contribution is -0.125. The number of benzene rings is 2. The largest absolute Gasteiger partial charge is 0.358 e. The minimum Gasteiger partial charge on any atom is -0.358 e. The van der Waals surface area contributed by atoms with Gasteiger partial charge < -0.3 is 10.2 Å². The van der Waals surface area contributed by atoms with Gasteiger partial charge >= 0.3 is 0 Å². The number of hydrogen-bond acceptors (Lipinski definition) is 5. The maximum absolute atomic E-state index is 13.4. The van der Waals surface area contributed by atoms with Crippen molar-refractivity contribution in [1.82, 2.24) is 9.62 Å². The Hall–Kier alpha value is -2.98. The van der Waals surface area contributed by atoms with E-state index in [1.54, 1.807) is 24.3 Å². The summed E-state index contributed by atoms with van der Waals surface area (Å²) < 4.78 is 39.6. The smallest absolute Gasteiger partial charge is 0.250 e. The van der Waals surface area contributed by atoms with Gasteiger partial charge in [-0.3, -0.25) is 14.5 Å². The van der Waals surface area contributed by atoms with Crippen molar-refractivity contribution in [2.45, 2.75) is 36.7 Å². The van der Waals surface area contributed by atoms with Gasteiger partial charge in [0.25, 0.3) is 0 Å². The van der Waals surface area contributed by atoms with Crippen LogP contribution in [0.3, 0.4) is 0 Å². The molecule has 0 saturated carbocycles. The van der Waals surface area contributed by atoms with Crippen LogP contribution in [0.2, 0.25) is 0 Å². The zero-order chi connectivity index (χ0) is 23.8. The normalized spacial score (nSPS) is 18.2. The Labute approximate surface area is 193 Å². The van der Waals surface area contributed by atoms with Crippen LogP contribution >= 0.6 is 0 Å². The Bertz CT molecular complexity index is 1170. The number of halogens is 1. The summed E-state index contributed by atoms with van der Waals surface area (Å²) >= 11 is 0. The molecule has 2 aromatic rings. The van der Waals surface area contributed by atoms with E-state index in [-0.39, 0.29) is 41.7 Å². The third kappa shape index (κ3) is 4.58. The summed E-state index contributed by atoms with van der Waals surface area (Å²) in [6.07, 6.45) is 2.54. The summed E-state index contributed by atoms with van der Waals surface area (Å²) in [5.41, 5.74) is 1.90. The summed E-state index contributed by atoms with van der Waals surface area (Å²) in [6, 6.07) is 10.2. The third-order valence-corrected chi connectivity index (χ3v) is 7.90. The number of nitrogens with one attached hydrogen (secondary N) is 1. The molecule has 1 atom stereocenters. The topological polar surface area (TPSA) is 90.0 Å². The second-order valence-electron chi connectivity index (χ2n) is 8.47. The van der Waals surface area contributed by atoms with Crippen LogP contribution in [0.15, 0.2) is 47.4 Å². The van der Waals surface area contributed by atoms with Gasteiger partial charge in [0, 0.05) is 27.2 Å². The van der Waals surface area contributed by atoms with Gasteiger partial charge in [-0.15, -0.1) is 0 Å².